The molecule has 0 radical (unpaired) electrons. The molecule has 0 fully saturated rings. The van der Waals surface area contributed by atoms with Crippen LogP contribution in [-0.4, -0.2) is 30.6 Å². The van der Waals surface area contributed by atoms with E-state index in [1.807, 2.05) is 6.92 Å². The van der Waals surface area contributed by atoms with E-state index >= 15 is 0 Å². The van der Waals surface area contributed by atoms with Gasteiger partial charge >= 0.3 is 85.5 Å². The van der Waals surface area contributed by atoms with Gasteiger partial charge in [0.05, 0.1) is 0 Å². The zero-order chi connectivity index (χ0) is 11.0. The van der Waals surface area contributed by atoms with Crippen LogP contribution in [-0.2, 0) is 13.8 Å². The average Bonchev–Trinajstić information content (AvgIpc) is 2.09. The van der Waals surface area contributed by atoms with Gasteiger partial charge in [0.15, 0.2) is 0 Å². The summed E-state index contributed by atoms with van der Waals surface area (Å²) < 4.78 is 10.4. The van der Waals surface area contributed by atoms with Crippen LogP contribution in [0.15, 0.2) is 0 Å². The van der Waals surface area contributed by atoms with E-state index < -0.39 is 7.94 Å². The normalized spacial score (nSPS) is 12.9. The molecule has 0 heterocycles. The molecule has 0 spiro atoms. The molecule has 4 nitrogen and oxygen atoms in total. The Bertz CT molecular complexity index is 170. The summed E-state index contributed by atoms with van der Waals surface area (Å²) in [6.07, 6.45) is 2.01. The van der Waals surface area contributed by atoms with E-state index in [1.165, 1.54) is 0 Å². The summed E-state index contributed by atoms with van der Waals surface area (Å²) in [5, 5.41) is 0. The van der Waals surface area contributed by atoms with Gasteiger partial charge < -0.3 is 0 Å². The van der Waals surface area contributed by atoms with Gasteiger partial charge in [-0.1, -0.05) is 0 Å². The minimum atomic E-state index is -2.91. The molecule has 0 aromatic heterocycles. The fraction of sp³-hybridized carbons (Fsp3) is 0.889. The molecule has 0 aliphatic rings. The maximum absolute atomic E-state index is 10.6. The Morgan fingerprint density at radius 2 is 1.93 bits per heavy atom. The van der Waals surface area contributed by atoms with E-state index in [-0.39, 0.29) is 5.78 Å². The van der Waals surface area contributed by atoms with Crippen molar-refractivity contribution in [3.63, 3.8) is 0 Å². The van der Waals surface area contributed by atoms with E-state index in [0.717, 1.165) is 6.42 Å². The van der Waals surface area contributed by atoms with Gasteiger partial charge in [0.2, 0.25) is 0 Å². The molecule has 5 heteroatoms. The first kappa shape index (κ1) is 14.0. The Morgan fingerprint density at radius 3 is 2.43 bits per heavy atom. The molecule has 0 aromatic carbocycles. The van der Waals surface area contributed by atoms with Crippen LogP contribution in [0, 0.1) is 0 Å². The van der Waals surface area contributed by atoms with Gasteiger partial charge in [-0.25, -0.2) is 0 Å². The van der Waals surface area contributed by atoms with Crippen molar-refractivity contribution < 1.29 is 18.7 Å². The van der Waals surface area contributed by atoms with Gasteiger partial charge in [0.25, 0.3) is 0 Å². The van der Waals surface area contributed by atoms with Gasteiger partial charge in [-0.3, -0.25) is 0 Å². The number of carbonyl (C=O) groups is 1. The summed E-state index contributed by atoms with van der Waals surface area (Å²) in [6.45, 7) is 6.02. The summed E-state index contributed by atoms with van der Waals surface area (Å²) in [5.41, 5.74) is 0. The molecule has 86 valence electrons. The quantitative estimate of drug-likeness (QED) is 0.505. The van der Waals surface area contributed by atoms with E-state index in [0.29, 0.717) is 26.1 Å². The molecule has 14 heavy (non-hydrogen) atoms. The van der Waals surface area contributed by atoms with Crippen LogP contribution in [0.25, 0.3) is 0 Å². The van der Waals surface area contributed by atoms with Crippen molar-refractivity contribution in [2.75, 3.05) is 19.9 Å². The summed E-state index contributed by atoms with van der Waals surface area (Å²) in [5.74, 6) is 0.143. The standard InChI is InChI=1S/C9H21O4P/c1-4-7-12-14(3,11)13-8-5-6-9(2)10/h11,14H,4-8H2,1-3H3. The molecule has 0 bridgehead atoms. The van der Waals surface area contributed by atoms with Crippen LogP contribution in [0.4, 0.5) is 0 Å². The van der Waals surface area contributed by atoms with Crippen LogP contribution in [0.2, 0.25) is 0 Å². The SMILES string of the molecule is CCCO[PH](C)(O)OCCCC(C)=O. The zero-order valence-corrected chi connectivity index (χ0v) is 10.2. The van der Waals surface area contributed by atoms with Crippen LogP contribution in [0.5, 0.6) is 0 Å². The predicted octanol–water partition coefficient (Wildman–Crippen LogP) is 1.92. The summed E-state index contributed by atoms with van der Waals surface area (Å²) in [6, 6.07) is 0. The predicted molar refractivity (Wildman–Crippen MR) is 58.6 cm³/mol. The molecule has 0 rings (SSSR count). The van der Waals surface area contributed by atoms with E-state index in [2.05, 4.69) is 0 Å². The Balaban J connectivity index is 3.49. The van der Waals surface area contributed by atoms with Crippen molar-refractivity contribution in [1.29, 1.82) is 0 Å². The summed E-state index contributed by atoms with van der Waals surface area (Å²) in [4.78, 5) is 20.2. The minimum absolute atomic E-state index is 0.143. The molecule has 0 aromatic rings. The topological polar surface area (TPSA) is 55.8 Å². The van der Waals surface area contributed by atoms with Crippen molar-refractivity contribution in [3.05, 3.63) is 0 Å². The van der Waals surface area contributed by atoms with Gasteiger partial charge in [-0.05, 0) is 0 Å². The first-order valence-electron chi connectivity index (χ1n) is 4.97. The van der Waals surface area contributed by atoms with Crippen LogP contribution < -0.4 is 0 Å². The van der Waals surface area contributed by atoms with Crippen LogP contribution >= 0.6 is 7.94 Å². The molecular formula is C9H21O4P. The zero-order valence-electron chi connectivity index (χ0n) is 9.21. The second kappa shape index (κ2) is 7.30. The van der Waals surface area contributed by atoms with Gasteiger partial charge in [-0.15, -0.1) is 0 Å². The van der Waals surface area contributed by atoms with E-state index in [9.17, 15) is 9.69 Å². The molecule has 0 aliphatic heterocycles. The number of ketones is 1. The average molecular weight is 224 g/mol. The maximum atomic E-state index is 10.6. The molecule has 1 N–H and O–H groups in total. The Labute approximate surface area is 86.2 Å². The third kappa shape index (κ3) is 8.57. The monoisotopic (exact) mass is 224 g/mol. The molecule has 0 atom stereocenters. The van der Waals surface area contributed by atoms with Crippen LogP contribution in [0.3, 0.4) is 0 Å². The molecule has 0 amide bonds. The van der Waals surface area contributed by atoms with Gasteiger partial charge in [0, 0.05) is 0 Å². The van der Waals surface area contributed by atoms with Gasteiger partial charge in [0.1, 0.15) is 0 Å². The second-order valence-corrected chi connectivity index (χ2v) is 5.77. The number of hydrogen-bond acceptors (Lipinski definition) is 4. The Morgan fingerprint density at radius 1 is 1.36 bits per heavy atom. The van der Waals surface area contributed by atoms with Crippen molar-refractivity contribution >= 4 is 13.7 Å². The fourth-order valence-corrected chi connectivity index (χ4v) is 2.11. The van der Waals surface area contributed by atoms with Crippen molar-refractivity contribution in [2.45, 2.75) is 33.1 Å². The number of Topliss-reactive ketones (excluding diaryl/α,β-unsaturated/α-hetero) is 1. The van der Waals surface area contributed by atoms with E-state index in [4.69, 9.17) is 9.05 Å². The molecule has 0 aliphatic carbocycles. The fourth-order valence-electron chi connectivity index (χ4n) is 0.916. The Hall–Kier alpha value is -0.0200. The van der Waals surface area contributed by atoms with E-state index in [1.54, 1.807) is 13.6 Å². The number of hydrogen-bond donors (Lipinski definition) is 1. The molecule has 0 unspecified atom stereocenters. The Kier molecular flexibility index (Phi) is 7.28. The summed E-state index contributed by atoms with van der Waals surface area (Å²) >= 11 is 0. The first-order chi connectivity index (χ1) is 6.48. The number of carbonyl (C=O) groups excluding carboxylic acids is 1. The number of rotatable bonds is 8. The van der Waals surface area contributed by atoms with Crippen LogP contribution in [0.1, 0.15) is 33.1 Å². The second-order valence-electron chi connectivity index (χ2n) is 3.40. The first-order valence-corrected chi connectivity index (χ1v) is 7.24. The van der Waals surface area contributed by atoms with Gasteiger partial charge in [-0.2, -0.15) is 0 Å². The van der Waals surface area contributed by atoms with Crippen molar-refractivity contribution in [2.24, 2.45) is 0 Å². The molecule has 0 saturated heterocycles. The molecule has 0 saturated carbocycles. The van der Waals surface area contributed by atoms with Crippen molar-refractivity contribution in [1.82, 2.24) is 0 Å². The third-order valence-corrected chi connectivity index (χ3v) is 3.10. The summed E-state index contributed by atoms with van der Waals surface area (Å²) in [7, 11) is -2.91. The third-order valence-electron chi connectivity index (χ3n) is 1.62. The van der Waals surface area contributed by atoms with Crippen molar-refractivity contribution in [3.8, 4) is 0 Å². The molecular weight excluding hydrogens is 203 g/mol.